The fourth-order valence-corrected chi connectivity index (χ4v) is 4.24. The summed E-state index contributed by atoms with van der Waals surface area (Å²) >= 11 is 0. The number of hydrogen-bond donors (Lipinski definition) is 1. The van der Waals surface area contributed by atoms with Crippen molar-refractivity contribution in [1.29, 1.82) is 0 Å². The minimum absolute atomic E-state index is 0.121. The van der Waals surface area contributed by atoms with Crippen LogP contribution in [0.5, 0.6) is 0 Å². The first-order valence-electron chi connectivity index (χ1n) is 8.08. The van der Waals surface area contributed by atoms with Crippen molar-refractivity contribution in [3.05, 3.63) is 51.7 Å². The molecular formula is C17H22N4O. The van der Waals surface area contributed by atoms with Gasteiger partial charge in [0.05, 0.1) is 6.20 Å². The van der Waals surface area contributed by atoms with Crippen molar-refractivity contribution >= 4 is 0 Å². The van der Waals surface area contributed by atoms with Crippen LogP contribution in [0.2, 0.25) is 0 Å². The predicted octanol–water partition coefficient (Wildman–Crippen LogP) is 1.59. The third-order valence-corrected chi connectivity index (χ3v) is 5.37. The molecule has 2 aromatic heterocycles. The van der Waals surface area contributed by atoms with Crippen LogP contribution in [0.1, 0.15) is 36.1 Å². The molecule has 1 fully saturated rings. The van der Waals surface area contributed by atoms with E-state index < -0.39 is 0 Å². The lowest BCUT2D eigenvalue weighted by Crippen LogP contribution is -2.45. The van der Waals surface area contributed by atoms with Gasteiger partial charge in [-0.05, 0) is 43.9 Å². The third kappa shape index (κ3) is 2.11. The fourth-order valence-electron chi connectivity index (χ4n) is 4.24. The van der Waals surface area contributed by atoms with Gasteiger partial charge < -0.3 is 4.57 Å². The topological polar surface area (TPSA) is 53.9 Å². The predicted molar refractivity (Wildman–Crippen MR) is 84.8 cm³/mol. The number of piperidine rings is 1. The van der Waals surface area contributed by atoms with E-state index >= 15 is 0 Å². The monoisotopic (exact) mass is 298 g/mol. The van der Waals surface area contributed by atoms with E-state index in [1.807, 2.05) is 31.6 Å². The zero-order valence-electron chi connectivity index (χ0n) is 13.0. The first-order chi connectivity index (χ1) is 10.7. The lowest BCUT2D eigenvalue weighted by molar-refractivity contribution is 0.136. The SMILES string of the molecule is Cn1cccc(CN2CCCC3(CCc4cn[nH]c43)C2)c1=O. The molecule has 0 aromatic carbocycles. The molecule has 1 N–H and O–H groups in total. The second-order valence-electron chi connectivity index (χ2n) is 6.81. The van der Waals surface area contributed by atoms with Gasteiger partial charge in [-0.25, -0.2) is 0 Å². The van der Waals surface area contributed by atoms with Gasteiger partial charge in [0.25, 0.3) is 5.56 Å². The zero-order valence-corrected chi connectivity index (χ0v) is 13.0. The molecule has 116 valence electrons. The Labute approximate surface area is 130 Å². The molecule has 0 amide bonds. The summed E-state index contributed by atoms with van der Waals surface area (Å²) in [4.78, 5) is 14.7. The average Bonchev–Trinajstić information content (AvgIpc) is 3.10. The summed E-state index contributed by atoms with van der Waals surface area (Å²) in [5.74, 6) is 0. The Morgan fingerprint density at radius 1 is 1.41 bits per heavy atom. The molecule has 2 aromatic rings. The Morgan fingerprint density at radius 3 is 3.23 bits per heavy atom. The van der Waals surface area contributed by atoms with E-state index in [-0.39, 0.29) is 11.0 Å². The van der Waals surface area contributed by atoms with Crippen LogP contribution in [0.4, 0.5) is 0 Å². The molecule has 3 heterocycles. The molecule has 5 nitrogen and oxygen atoms in total. The van der Waals surface area contributed by atoms with Gasteiger partial charge >= 0.3 is 0 Å². The summed E-state index contributed by atoms with van der Waals surface area (Å²) < 4.78 is 1.66. The van der Waals surface area contributed by atoms with E-state index in [1.165, 1.54) is 30.5 Å². The lowest BCUT2D eigenvalue weighted by Gasteiger charge is -2.40. The third-order valence-electron chi connectivity index (χ3n) is 5.37. The van der Waals surface area contributed by atoms with Crippen molar-refractivity contribution < 1.29 is 0 Å². The number of nitrogens with zero attached hydrogens (tertiary/aromatic N) is 3. The van der Waals surface area contributed by atoms with Crippen molar-refractivity contribution in [1.82, 2.24) is 19.7 Å². The molecule has 0 bridgehead atoms. The van der Waals surface area contributed by atoms with Gasteiger partial charge in [-0.15, -0.1) is 0 Å². The summed E-state index contributed by atoms with van der Waals surface area (Å²) in [6.07, 6.45) is 8.55. The van der Waals surface area contributed by atoms with E-state index in [9.17, 15) is 4.79 Å². The summed E-state index contributed by atoms with van der Waals surface area (Å²) in [5, 5.41) is 7.47. The van der Waals surface area contributed by atoms with Crippen LogP contribution in [-0.2, 0) is 25.4 Å². The first kappa shape index (κ1) is 13.8. The molecular weight excluding hydrogens is 276 g/mol. The maximum Gasteiger partial charge on any atom is 0.254 e. The van der Waals surface area contributed by atoms with E-state index in [1.54, 1.807) is 4.57 Å². The fraction of sp³-hybridized carbons (Fsp3) is 0.529. The number of fused-ring (bicyclic) bond motifs is 2. The summed E-state index contributed by atoms with van der Waals surface area (Å²) in [5.41, 5.74) is 3.97. The summed E-state index contributed by atoms with van der Waals surface area (Å²) in [6, 6.07) is 3.92. The van der Waals surface area contributed by atoms with Crippen molar-refractivity contribution in [2.24, 2.45) is 7.05 Å². The van der Waals surface area contributed by atoms with Crippen LogP contribution in [0.15, 0.2) is 29.3 Å². The average molecular weight is 298 g/mol. The normalized spacial score (nSPS) is 24.8. The van der Waals surface area contributed by atoms with Crippen molar-refractivity contribution in [3.8, 4) is 0 Å². The van der Waals surface area contributed by atoms with E-state index in [4.69, 9.17) is 0 Å². The van der Waals surface area contributed by atoms with Crippen LogP contribution in [-0.4, -0.2) is 32.8 Å². The second-order valence-corrected chi connectivity index (χ2v) is 6.81. The molecule has 4 rings (SSSR count). The molecule has 22 heavy (non-hydrogen) atoms. The van der Waals surface area contributed by atoms with Crippen molar-refractivity contribution in [2.75, 3.05) is 13.1 Å². The summed E-state index contributed by atoms with van der Waals surface area (Å²) in [7, 11) is 1.82. The lowest BCUT2D eigenvalue weighted by atomic mass is 9.77. The molecule has 1 aliphatic heterocycles. The minimum Gasteiger partial charge on any atom is -0.318 e. The number of aryl methyl sites for hydroxylation is 2. The highest BCUT2D eigenvalue weighted by Crippen LogP contribution is 2.43. The zero-order chi connectivity index (χ0) is 15.2. The van der Waals surface area contributed by atoms with E-state index in [0.717, 1.165) is 31.6 Å². The number of aromatic nitrogens is 3. The molecule has 5 heteroatoms. The van der Waals surface area contributed by atoms with Crippen LogP contribution >= 0.6 is 0 Å². The van der Waals surface area contributed by atoms with Gasteiger partial charge in [0.2, 0.25) is 0 Å². The minimum atomic E-state index is 0.121. The Bertz CT molecular complexity index is 747. The largest absolute Gasteiger partial charge is 0.318 e. The van der Waals surface area contributed by atoms with Crippen LogP contribution in [0.3, 0.4) is 0 Å². The van der Waals surface area contributed by atoms with E-state index in [0.29, 0.717) is 0 Å². The van der Waals surface area contributed by atoms with Crippen molar-refractivity contribution in [2.45, 2.75) is 37.6 Å². The first-order valence-corrected chi connectivity index (χ1v) is 8.08. The number of likely N-dealkylation sites (tertiary alicyclic amines) is 1. The molecule has 1 unspecified atom stereocenters. The number of hydrogen-bond acceptors (Lipinski definition) is 3. The Kier molecular flexibility index (Phi) is 3.18. The quantitative estimate of drug-likeness (QED) is 0.916. The molecule has 1 spiro atoms. The smallest absolute Gasteiger partial charge is 0.254 e. The standard InChI is InChI=1S/C17H22N4O/c1-20-8-2-4-14(16(20)22)11-21-9-3-6-17(12-21)7-5-13-10-18-19-15(13)17/h2,4,8,10H,3,5-7,9,11-12H2,1H3,(H,18,19). The Hall–Kier alpha value is -1.88. The van der Waals surface area contributed by atoms with Gasteiger partial charge in [-0.2, -0.15) is 5.10 Å². The van der Waals surface area contributed by atoms with Gasteiger partial charge in [-0.1, -0.05) is 6.07 Å². The van der Waals surface area contributed by atoms with Gasteiger partial charge in [0.1, 0.15) is 0 Å². The Balaban J connectivity index is 1.58. The second kappa shape index (κ2) is 5.09. The van der Waals surface area contributed by atoms with Crippen LogP contribution < -0.4 is 5.56 Å². The maximum absolute atomic E-state index is 12.2. The van der Waals surface area contributed by atoms with Crippen LogP contribution in [0.25, 0.3) is 0 Å². The maximum atomic E-state index is 12.2. The highest BCUT2D eigenvalue weighted by molar-refractivity contribution is 5.33. The molecule has 0 radical (unpaired) electrons. The van der Waals surface area contributed by atoms with Gasteiger partial charge in [0.15, 0.2) is 0 Å². The highest BCUT2D eigenvalue weighted by Gasteiger charge is 2.43. The molecule has 1 atom stereocenters. The number of aromatic amines is 1. The number of rotatable bonds is 2. The van der Waals surface area contributed by atoms with Crippen LogP contribution in [0, 0.1) is 0 Å². The number of pyridine rings is 1. The number of H-pyrrole nitrogens is 1. The molecule has 1 aliphatic carbocycles. The van der Waals surface area contributed by atoms with Gasteiger partial charge in [-0.3, -0.25) is 14.8 Å². The Morgan fingerprint density at radius 2 is 2.32 bits per heavy atom. The van der Waals surface area contributed by atoms with Crippen molar-refractivity contribution in [3.63, 3.8) is 0 Å². The van der Waals surface area contributed by atoms with Gasteiger partial charge in [0, 0.05) is 43.0 Å². The van der Waals surface area contributed by atoms with E-state index in [2.05, 4.69) is 15.1 Å². The molecule has 2 aliphatic rings. The molecule has 0 saturated carbocycles. The summed E-state index contributed by atoms with van der Waals surface area (Å²) in [6.45, 7) is 2.85. The highest BCUT2D eigenvalue weighted by atomic mass is 16.1. The number of nitrogens with one attached hydrogen (secondary N) is 1. The molecule has 1 saturated heterocycles.